The Morgan fingerprint density at radius 3 is 2.75 bits per heavy atom. The molecule has 0 bridgehead atoms. The maximum atomic E-state index is 12.0. The molecule has 0 aliphatic carbocycles. The van der Waals surface area contributed by atoms with Crippen LogP contribution in [0.4, 0.5) is 0 Å². The summed E-state index contributed by atoms with van der Waals surface area (Å²) in [7, 11) is 0. The number of carbonyl (C=O) groups excluding carboxylic acids is 2. The van der Waals surface area contributed by atoms with E-state index in [1.165, 1.54) is 6.08 Å². The number of benzene rings is 2. The standard InChI is InChI=1S/C16H13NO3/c18-15(17-13-9-16(19)20-10-13)8-12-6-3-5-11-4-1-2-7-14(11)12/h1-7,9H,8,10H2,(H,17,18). The highest BCUT2D eigenvalue weighted by Gasteiger charge is 2.15. The highest BCUT2D eigenvalue weighted by atomic mass is 16.5. The molecule has 1 amide bonds. The van der Waals surface area contributed by atoms with E-state index in [-0.39, 0.29) is 18.9 Å². The molecule has 0 spiro atoms. The lowest BCUT2D eigenvalue weighted by molar-refractivity contribution is -0.135. The lowest BCUT2D eigenvalue weighted by Crippen LogP contribution is -2.25. The van der Waals surface area contributed by atoms with Gasteiger partial charge in [0, 0.05) is 6.08 Å². The van der Waals surface area contributed by atoms with Gasteiger partial charge in [0.25, 0.3) is 0 Å². The molecule has 0 aromatic heterocycles. The number of hydrogen-bond acceptors (Lipinski definition) is 3. The van der Waals surface area contributed by atoms with Gasteiger partial charge in [-0.3, -0.25) is 4.79 Å². The van der Waals surface area contributed by atoms with Gasteiger partial charge in [0.1, 0.15) is 6.61 Å². The normalized spacial score (nSPS) is 14.0. The summed E-state index contributed by atoms with van der Waals surface area (Å²) in [4.78, 5) is 22.9. The van der Waals surface area contributed by atoms with E-state index in [1.54, 1.807) is 0 Å². The summed E-state index contributed by atoms with van der Waals surface area (Å²) in [5.41, 5.74) is 1.48. The largest absolute Gasteiger partial charge is 0.456 e. The van der Waals surface area contributed by atoms with Crippen molar-refractivity contribution >= 4 is 22.6 Å². The number of ether oxygens (including phenoxy) is 1. The molecule has 4 heteroatoms. The van der Waals surface area contributed by atoms with E-state index in [2.05, 4.69) is 5.32 Å². The van der Waals surface area contributed by atoms with Crippen molar-refractivity contribution in [3.63, 3.8) is 0 Å². The van der Waals surface area contributed by atoms with Crippen molar-refractivity contribution in [2.24, 2.45) is 0 Å². The molecule has 2 aromatic carbocycles. The van der Waals surface area contributed by atoms with Crippen LogP contribution < -0.4 is 5.32 Å². The van der Waals surface area contributed by atoms with Gasteiger partial charge in [-0.05, 0) is 16.3 Å². The first-order valence-corrected chi connectivity index (χ1v) is 6.36. The fourth-order valence-corrected chi connectivity index (χ4v) is 2.29. The fraction of sp³-hybridized carbons (Fsp3) is 0.125. The Morgan fingerprint density at radius 2 is 1.95 bits per heavy atom. The molecule has 1 aliphatic rings. The minimum atomic E-state index is -0.412. The third kappa shape index (κ3) is 2.54. The molecule has 0 radical (unpaired) electrons. The van der Waals surface area contributed by atoms with Crippen molar-refractivity contribution in [3.8, 4) is 0 Å². The second-order valence-electron chi connectivity index (χ2n) is 4.64. The Kier molecular flexibility index (Phi) is 3.21. The molecule has 1 aliphatic heterocycles. The average molecular weight is 267 g/mol. The van der Waals surface area contributed by atoms with Crippen molar-refractivity contribution < 1.29 is 14.3 Å². The molecule has 0 atom stereocenters. The molecule has 20 heavy (non-hydrogen) atoms. The minimum absolute atomic E-state index is 0.139. The number of esters is 1. The van der Waals surface area contributed by atoms with Crippen LogP contribution in [-0.2, 0) is 20.7 Å². The van der Waals surface area contributed by atoms with Gasteiger partial charge in [0.05, 0.1) is 12.1 Å². The molecular weight excluding hydrogens is 254 g/mol. The predicted octanol–water partition coefficient (Wildman–Crippen LogP) is 1.94. The van der Waals surface area contributed by atoms with E-state index in [9.17, 15) is 9.59 Å². The van der Waals surface area contributed by atoms with Crippen LogP contribution in [0.3, 0.4) is 0 Å². The zero-order valence-electron chi connectivity index (χ0n) is 10.8. The highest BCUT2D eigenvalue weighted by molar-refractivity contribution is 5.92. The van der Waals surface area contributed by atoms with E-state index in [0.29, 0.717) is 5.70 Å². The zero-order valence-corrected chi connectivity index (χ0v) is 10.8. The number of fused-ring (bicyclic) bond motifs is 1. The number of nitrogens with one attached hydrogen (secondary N) is 1. The molecule has 100 valence electrons. The van der Waals surface area contributed by atoms with Crippen LogP contribution in [-0.4, -0.2) is 18.5 Å². The van der Waals surface area contributed by atoms with Crippen molar-refractivity contribution in [1.82, 2.24) is 5.32 Å². The van der Waals surface area contributed by atoms with Crippen molar-refractivity contribution in [2.45, 2.75) is 6.42 Å². The smallest absolute Gasteiger partial charge is 0.333 e. The van der Waals surface area contributed by atoms with Gasteiger partial charge < -0.3 is 10.1 Å². The topological polar surface area (TPSA) is 55.4 Å². The fourth-order valence-electron chi connectivity index (χ4n) is 2.29. The molecule has 0 saturated carbocycles. The maximum Gasteiger partial charge on any atom is 0.333 e. The minimum Gasteiger partial charge on any atom is -0.456 e. The second-order valence-corrected chi connectivity index (χ2v) is 4.64. The first-order valence-electron chi connectivity index (χ1n) is 6.36. The second kappa shape index (κ2) is 5.17. The summed E-state index contributed by atoms with van der Waals surface area (Å²) < 4.78 is 4.74. The van der Waals surface area contributed by atoms with Gasteiger partial charge in [-0.1, -0.05) is 42.5 Å². The Labute approximate surface area is 116 Å². The number of cyclic esters (lactones) is 1. The Bertz CT molecular complexity index is 713. The monoisotopic (exact) mass is 267 g/mol. The summed E-state index contributed by atoms with van der Waals surface area (Å²) in [6.07, 6.45) is 1.58. The lowest BCUT2D eigenvalue weighted by atomic mass is 10.0. The molecular formula is C16H13NO3. The van der Waals surface area contributed by atoms with Crippen molar-refractivity contribution in [1.29, 1.82) is 0 Å². The molecule has 0 fully saturated rings. The number of amides is 1. The molecule has 0 saturated heterocycles. The number of hydrogen-bond donors (Lipinski definition) is 1. The summed E-state index contributed by atoms with van der Waals surface area (Å²) in [5.74, 6) is -0.559. The van der Waals surface area contributed by atoms with Gasteiger partial charge in [-0.25, -0.2) is 4.79 Å². The van der Waals surface area contributed by atoms with Crippen LogP contribution >= 0.6 is 0 Å². The van der Waals surface area contributed by atoms with E-state index >= 15 is 0 Å². The van der Waals surface area contributed by atoms with Gasteiger partial charge in [0.15, 0.2) is 0 Å². The lowest BCUT2D eigenvalue weighted by Gasteiger charge is -2.07. The quantitative estimate of drug-likeness (QED) is 0.865. The van der Waals surface area contributed by atoms with Gasteiger partial charge in [0.2, 0.25) is 5.91 Å². The van der Waals surface area contributed by atoms with Crippen LogP contribution in [0.15, 0.2) is 54.2 Å². The first kappa shape index (κ1) is 12.4. The first-order chi connectivity index (χ1) is 9.72. The number of carbonyl (C=O) groups is 2. The summed E-state index contributed by atoms with van der Waals surface area (Å²) in [6.45, 7) is 0.139. The molecule has 3 rings (SSSR count). The summed E-state index contributed by atoms with van der Waals surface area (Å²) in [5, 5.41) is 4.87. The molecule has 0 unspecified atom stereocenters. The molecule has 1 heterocycles. The predicted molar refractivity (Wildman–Crippen MR) is 74.8 cm³/mol. The van der Waals surface area contributed by atoms with Gasteiger partial charge in [-0.2, -0.15) is 0 Å². The van der Waals surface area contributed by atoms with Crippen LogP contribution in [0.2, 0.25) is 0 Å². The molecule has 1 N–H and O–H groups in total. The zero-order chi connectivity index (χ0) is 13.9. The maximum absolute atomic E-state index is 12.0. The molecule has 4 nitrogen and oxygen atoms in total. The third-order valence-electron chi connectivity index (χ3n) is 3.19. The van der Waals surface area contributed by atoms with Crippen LogP contribution in [0, 0.1) is 0 Å². The van der Waals surface area contributed by atoms with Crippen LogP contribution in [0.1, 0.15) is 5.56 Å². The summed E-state index contributed by atoms with van der Waals surface area (Å²) >= 11 is 0. The van der Waals surface area contributed by atoms with Gasteiger partial charge in [-0.15, -0.1) is 0 Å². The average Bonchev–Trinajstić information content (AvgIpc) is 2.84. The third-order valence-corrected chi connectivity index (χ3v) is 3.19. The summed E-state index contributed by atoms with van der Waals surface area (Å²) in [6, 6.07) is 13.8. The van der Waals surface area contributed by atoms with E-state index in [4.69, 9.17) is 4.74 Å². The number of rotatable bonds is 3. The van der Waals surface area contributed by atoms with E-state index < -0.39 is 5.97 Å². The van der Waals surface area contributed by atoms with Gasteiger partial charge >= 0.3 is 5.97 Å². The van der Waals surface area contributed by atoms with Crippen molar-refractivity contribution in [3.05, 3.63) is 59.8 Å². The Balaban J connectivity index is 1.78. The Hall–Kier alpha value is -2.62. The van der Waals surface area contributed by atoms with Crippen molar-refractivity contribution in [2.75, 3.05) is 6.61 Å². The SMILES string of the molecule is O=C(Cc1cccc2ccccc12)NC1=CC(=O)OC1. The van der Waals surface area contributed by atoms with Crippen LogP contribution in [0.5, 0.6) is 0 Å². The Morgan fingerprint density at radius 1 is 1.15 bits per heavy atom. The molecule has 2 aromatic rings. The van der Waals surface area contributed by atoms with Crippen LogP contribution in [0.25, 0.3) is 10.8 Å². The highest BCUT2D eigenvalue weighted by Crippen LogP contribution is 2.19. The van der Waals surface area contributed by atoms with E-state index in [0.717, 1.165) is 16.3 Å². The van der Waals surface area contributed by atoms with E-state index in [1.807, 2.05) is 42.5 Å².